The summed E-state index contributed by atoms with van der Waals surface area (Å²) in [4.78, 5) is 0.852. The molecule has 0 atom stereocenters. The summed E-state index contributed by atoms with van der Waals surface area (Å²) >= 11 is 1.23. The minimum atomic E-state index is -4.24. The maximum absolute atomic E-state index is 12.5. The Kier molecular flexibility index (Phi) is 4.49. The highest BCUT2D eigenvalue weighted by molar-refractivity contribution is 8.05. The Morgan fingerprint density at radius 1 is 1.12 bits per heavy atom. The molecule has 0 spiro atoms. The van der Waals surface area contributed by atoms with Crippen LogP contribution in [0.5, 0.6) is 0 Å². The van der Waals surface area contributed by atoms with Crippen molar-refractivity contribution in [3.63, 3.8) is 0 Å². The molecule has 1 aromatic carbocycles. The third-order valence-electron chi connectivity index (χ3n) is 2.00. The summed E-state index contributed by atoms with van der Waals surface area (Å²) in [5, 5.41) is 0. The SMILES string of the molecule is C[Si](C)(C)/C(=C\C(F)(F)F)Sc1ccccc1. The van der Waals surface area contributed by atoms with Gasteiger partial charge in [-0.25, -0.2) is 0 Å². The van der Waals surface area contributed by atoms with Crippen molar-refractivity contribution < 1.29 is 13.2 Å². The van der Waals surface area contributed by atoms with Crippen molar-refractivity contribution in [3.8, 4) is 0 Å². The number of halogens is 3. The van der Waals surface area contributed by atoms with Crippen LogP contribution in [0.4, 0.5) is 13.2 Å². The standard InChI is InChI=1S/C12H15F3SSi/c1-17(2,3)11(9-12(13,14)15)16-10-7-5-4-6-8-10/h4-9H,1-3H3/b11-9-. The van der Waals surface area contributed by atoms with E-state index in [1.165, 1.54) is 11.8 Å². The van der Waals surface area contributed by atoms with Crippen LogP contribution in [0, 0.1) is 0 Å². The maximum atomic E-state index is 12.5. The number of allylic oxidation sites excluding steroid dienone is 1. The summed E-state index contributed by atoms with van der Waals surface area (Å²) in [6.07, 6.45) is -3.78. The van der Waals surface area contributed by atoms with Crippen molar-refractivity contribution >= 4 is 19.8 Å². The van der Waals surface area contributed by atoms with E-state index < -0.39 is 14.3 Å². The first-order valence-electron chi connectivity index (χ1n) is 5.21. The lowest BCUT2D eigenvalue weighted by Gasteiger charge is -2.21. The molecule has 0 aliphatic rings. The molecule has 0 aliphatic heterocycles. The second kappa shape index (κ2) is 5.31. The van der Waals surface area contributed by atoms with E-state index in [9.17, 15) is 13.2 Å². The van der Waals surface area contributed by atoms with Gasteiger partial charge in [0.05, 0.1) is 8.07 Å². The molecule has 0 bridgehead atoms. The quantitative estimate of drug-likeness (QED) is 0.546. The number of thioether (sulfide) groups is 1. The molecule has 0 fully saturated rings. The van der Waals surface area contributed by atoms with Crippen LogP contribution >= 0.6 is 11.8 Å². The Bertz CT molecular complexity index is 390. The highest BCUT2D eigenvalue weighted by Crippen LogP contribution is 2.36. The summed E-state index contributed by atoms with van der Waals surface area (Å²) in [5.74, 6) is 0. The summed E-state index contributed by atoms with van der Waals surface area (Å²) in [5.41, 5.74) is 0. The van der Waals surface area contributed by atoms with Gasteiger partial charge in [-0.2, -0.15) is 13.2 Å². The molecule has 0 nitrogen and oxygen atoms in total. The van der Waals surface area contributed by atoms with Crippen LogP contribution in [0.3, 0.4) is 0 Å². The second-order valence-corrected chi connectivity index (χ2v) is 11.2. The van der Waals surface area contributed by atoms with Gasteiger partial charge in [-0.15, -0.1) is 0 Å². The Balaban J connectivity index is 2.99. The van der Waals surface area contributed by atoms with E-state index in [-0.39, 0.29) is 0 Å². The number of alkyl halides is 3. The smallest absolute Gasteiger partial charge is 0.167 e. The van der Waals surface area contributed by atoms with Crippen LogP contribution in [0.15, 0.2) is 45.8 Å². The first-order chi connectivity index (χ1) is 7.68. The molecule has 1 aromatic rings. The van der Waals surface area contributed by atoms with Gasteiger partial charge in [0, 0.05) is 11.0 Å². The van der Waals surface area contributed by atoms with E-state index in [1.54, 1.807) is 0 Å². The zero-order chi connectivity index (χ0) is 13.1. The molecular formula is C12H15F3SSi. The fourth-order valence-corrected chi connectivity index (χ4v) is 4.08. The van der Waals surface area contributed by atoms with Gasteiger partial charge in [-0.3, -0.25) is 0 Å². The van der Waals surface area contributed by atoms with Crippen LogP contribution < -0.4 is 0 Å². The van der Waals surface area contributed by atoms with Crippen LogP contribution in [-0.2, 0) is 0 Å². The fraction of sp³-hybridized carbons (Fsp3) is 0.333. The molecule has 0 saturated carbocycles. The van der Waals surface area contributed by atoms with E-state index in [0.717, 1.165) is 4.90 Å². The van der Waals surface area contributed by atoms with Gasteiger partial charge in [-0.1, -0.05) is 49.6 Å². The van der Waals surface area contributed by atoms with Crippen LogP contribution in [0.25, 0.3) is 0 Å². The Hall–Kier alpha value is -0.683. The highest BCUT2D eigenvalue weighted by Gasteiger charge is 2.30. The largest absolute Gasteiger partial charge is 0.410 e. The van der Waals surface area contributed by atoms with Crippen molar-refractivity contribution in [1.29, 1.82) is 0 Å². The van der Waals surface area contributed by atoms with Gasteiger partial charge >= 0.3 is 6.18 Å². The van der Waals surface area contributed by atoms with Crippen molar-refractivity contribution in [2.45, 2.75) is 30.7 Å². The normalized spacial score (nSPS) is 13.9. The monoisotopic (exact) mass is 276 g/mol. The Labute approximate surface area is 105 Å². The van der Waals surface area contributed by atoms with Gasteiger partial charge in [0.25, 0.3) is 0 Å². The molecule has 0 amide bonds. The minimum Gasteiger partial charge on any atom is -0.167 e. The lowest BCUT2D eigenvalue weighted by Crippen LogP contribution is -2.24. The zero-order valence-electron chi connectivity index (χ0n) is 10.0. The summed E-state index contributed by atoms with van der Waals surface area (Å²) in [6.45, 7) is 5.75. The first kappa shape index (κ1) is 14.4. The van der Waals surface area contributed by atoms with Crippen LogP contribution in [-0.4, -0.2) is 14.3 Å². The zero-order valence-corrected chi connectivity index (χ0v) is 11.8. The lowest BCUT2D eigenvalue weighted by molar-refractivity contribution is -0.0798. The molecule has 17 heavy (non-hydrogen) atoms. The van der Waals surface area contributed by atoms with E-state index in [1.807, 2.05) is 50.0 Å². The lowest BCUT2D eigenvalue weighted by atomic mass is 10.4. The second-order valence-electron chi connectivity index (χ2n) is 4.72. The van der Waals surface area contributed by atoms with E-state index >= 15 is 0 Å². The van der Waals surface area contributed by atoms with E-state index in [0.29, 0.717) is 10.6 Å². The third-order valence-corrected chi connectivity index (χ3v) is 6.62. The molecule has 0 aromatic heterocycles. The highest BCUT2D eigenvalue weighted by atomic mass is 32.2. The average molecular weight is 276 g/mol. The van der Waals surface area contributed by atoms with Crippen molar-refractivity contribution in [3.05, 3.63) is 40.9 Å². The van der Waals surface area contributed by atoms with Crippen molar-refractivity contribution in [2.24, 2.45) is 0 Å². The number of hydrogen-bond acceptors (Lipinski definition) is 1. The Morgan fingerprint density at radius 2 is 1.65 bits per heavy atom. The fourth-order valence-electron chi connectivity index (χ4n) is 1.16. The Morgan fingerprint density at radius 3 is 2.06 bits per heavy atom. The molecule has 0 saturated heterocycles. The molecule has 0 N–H and O–H groups in total. The summed E-state index contributed by atoms with van der Waals surface area (Å²) in [7, 11) is -1.98. The van der Waals surface area contributed by atoms with Crippen molar-refractivity contribution in [1.82, 2.24) is 0 Å². The molecule has 1 rings (SSSR count). The minimum absolute atomic E-state index is 0.455. The maximum Gasteiger partial charge on any atom is 0.410 e. The van der Waals surface area contributed by atoms with Crippen LogP contribution in [0.1, 0.15) is 0 Å². The van der Waals surface area contributed by atoms with E-state index in [4.69, 9.17) is 0 Å². The summed E-state index contributed by atoms with van der Waals surface area (Å²) in [6, 6.07) is 9.17. The molecule has 0 aliphatic carbocycles. The summed E-state index contributed by atoms with van der Waals surface area (Å²) < 4.78 is 37.9. The molecule has 94 valence electrons. The van der Waals surface area contributed by atoms with Gasteiger partial charge < -0.3 is 0 Å². The predicted molar refractivity (Wildman–Crippen MR) is 69.8 cm³/mol. The van der Waals surface area contributed by atoms with Gasteiger partial charge in [0.2, 0.25) is 0 Å². The van der Waals surface area contributed by atoms with Gasteiger partial charge in [0.1, 0.15) is 0 Å². The molecule has 0 unspecified atom stereocenters. The topological polar surface area (TPSA) is 0 Å². The van der Waals surface area contributed by atoms with Gasteiger partial charge in [0.15, 0.2) is 0 Å². The first-order valence-corrected chi connectivity index (χ1v) is 9.53. The molecular weight excluding hydrogens is 261 g/mol. The third kappa shape index (κ3) is 5.45. The van der Waals surface area contributed by atoms with Gasteiger partial charge in [-0.05, 0) is 16.7 Å². The number of hydrogen-bond donors (Lipinski definition) is 0. The molecule has 0 radical (unpaired) electrons. The predicted octanol–water partition coefficient (Wildman–Crippen LogP) is 5.10. The van der Waals surface area contributed by atoms with E-state index in [2.05, 4.69) is 0 Å². The molecule has 5 heteroatoms. The number of benzene rings is 1. The average Bonchev–Trinajstić information content (AvgIpc) is 2.15. The molecule has 0 heterocycles. The number of rotatable bonds is 3. The van der Waals surface area contributed by atoms with Crippen LogP contribution in [0.2, 0.25) is 19.6 Å². The van der Waals surface area contributed by atoms with Crippen molar-refractivity contribution in [2.75, 3.05) is 0 Å².